The summed E-state index contributed by atoms with van der Waals surface area (Å²) < 4.78 is 3.29. The van der Waals surface area contributed by atoms with Crippen molar-refractivity contribution in [1.82, 2.24) is 14.5 Å². The smallest absolute Gasteiger partial charge is 0.219 e. The number of benzene rings is 1. The number of aromatic nitrogens is 2. The summed E-state index contributed by atoms with van der Waals surface area (Å²) in [4.78, 5) is 18.0. The number of nitrogens with zero attached hydrogens (tertiary/aromatic N) is 3. The maximum absolute atomic E-state index is 11.4. The van der Waals surface area contributed by atoms with E-state index in [0.29, 0.717) is 0 Å². The molecule has 18 heavy (non-hydrogen) atoms. The van der Waals surface area contributed by atoms with Gasteiger partial charge in [0.05, 0.1) is 11.0 Å². The number of carbonyl (C=O) groups is 1. The van der Waals surface area contributed by atoms with Crippen LogP contribution in [0.15, 0.2) is 22.7 Å². The first-order valence-corrected chi connectivity index (χ1v) is 6.84. The Morgan fingerprint density at radius 3 is 2.94 bits per heavy atom. The molecule has 2 heterocycles. The summed E-state index contributed by atoms with van der Waals surface area (Å²) in [6.07, 6.45) is 0.825. The lowest BCUT2D eigenvalue weighted by atomic mass is 10.3. The van der Waals surface area contributed by atoms with E-state index in [-0.39, 0.29) is 5.91 Å². The number of amides is 1. The molecule has 0 aliphatic carbocycles. The predicted molar refractivity (Wildman–Crippen MR) is 73.4 cm³/mol. The van der Waals surface area contributed by atoms with E-state index in [2.05, 4.69) is 31.5 Å². The van der Waals surface area contributed by atoms with Crippen LogP contribution in [0.5, 0.6) is 0 Å². The van der Waals surface area contributed by atoms with Gasteiger partial charge in [-0.25, -0.2) is 4.98 Å². The topological polar surface area (TPSA) is 38.1 Å². The van der Waals surface area contributed by atoms with E-state index in [0.717, 1.165) is 47.4 Å². The Labute approximate surface area is 114 Å². The van der Waals surface area contributed by atoms with Crippen LogP contribution in [-0.2, 0) is 17.8 Å². The summed E-state index contributed by atoms with van der Waals surface area (Å²) >= 11 is 3.49. The Bertz CT molecular complexity index is 620. The lowest BCUT2D eigenvalue weighted by Gasteiger charge is -2.17. The molecule has 0 bridgehead atoms. The number of halogens is 1. The van der Waals surface area contributed by atoms with Crippen molar-refractivity contribution in [3.05, 3.63) is 28.5 Å². The van der Waals surface area contributed by atoms with E-state index in [1.54, 1.807) is 6.92 Å². The highest BCUT2D eigenvalue weighted by atomic mass is 79.9. The van der Waals surface area contributed by atoms with Gasteiger partial charge in [-0.1, -0.05) is 15.9 Å². The molecule has 94 valence electrons. The lowest BCUT2D eigenvalue weighted by molar-refractivity contribution is -0.128. The maximum atomic E-state index is 11.4. The zero-order valence-corrected chi connectivity index (χ0v) is 11.8. The molecule has 0 saturated carbocycles. The van der Waals surface area contributed by atoms with Crippen molar-refractivity contribution >= 4 is 32.9 Å². The second-order valence-corrected chi connectivity index (χ2v) is 5.48. The molecule has 0 spiro atoms. The fourth-order valence-electron chi connectivity index (χ4n) is 2.47. The predicted octanol–water partition coefficient (Wildman–Crippen LogP) is 2.20. The van der Waals surface area contributed by atoms with Crippen LogP contribution in [0.25, 0.3) is 11.0 Å². The number of hydrogen-bond donors (Lipinski definition) is 0. The molecule has 1 aromatic carbocycles. The Balaban J connectivity index is 2.03. The van der Waals surface area contributed by atoms with Crippen LogP contribution < -0.4 is 0 Å². The number of carbonyl (C=O) groups excluding carboxylic acids is 1. The van der Waals surface area contributed by atoms with Crippen LogP contribution in [0.3, 0.4) is 0 Å². The van der Waals surface area contributed by atoms with Crippen molar-refractivity contribution in [3.63, 3.8) is 0 Å². The van der Waals surface area contributed by atoms with Gasteiger partial charge in [0.25, 0.3) is 0 Å². The van der Waals surface area contributed by atoms with Gasteiger partial charge in [-0.2, -0.15) is 0 Å². The number of fused-ring (bicyclic) bond motifs is 3. The molecule has 4 nitrogen and oxygen atoms in total. The van der Waals surface area contributed by atoms with Gasteiger partial charge in [-0.05, 0) is 18.2 Å². The van der Waals surface area contributed by atoms with E-state index in [1.165, 1.54) is 0 Å². The molecule has 0 saturated heterocycles. The normalized spacial score (nSPS) is 15.6. The third kappa shape index (κ3) is 1.92. The molecule has 0 atom stereocenters. The highest BCUT2D eigenvalue weighted by Gasteiger charge is 2.18. The summed E-state index contributed by atoms with van der Waals surface area (Å²) in [5, 5.41) is 0. The molecule has 0 N–H and O–H groups in total. The number of rotatable bonds is 0. The van der Waals surface area contributed by atoms with E-state index >= 15 is 0 Å². The summed E-state index contributed by atoms with van der Waals surface area (Å²) in [6, 6.07) is 6.14. The van der Waals surface area contributed by atoms with Crippen LogP contribution in [0.1, 0.15) is 12.7 Å². The Hall–Kier alpha value is -1.36. The molecule has 1 aromatic heterocycles. The van der Waals surface area contributed by atoms with E-state index in [4.69, 9.17) is 0 Å². The SMILES string of the molecule is CC(=O)N1CCc2nc3ccc(Br)cc3n2CC1. The molecule has 1 aliphatic rings. The van der Waals surface area contributed by atoms with Gasteiger partial charge in [0.15, 0.2) is 0 Å². The van der Waals surface area contributed by atoms with Gasteiger partial charge in [0.1, 0.15) is 5.82 Å². The van der Waals surface area contributed by atoms with E-state index < -0.39 is 0 Å². The van der Waals surface area contributed by atoms with Crippen molar-refractivity contribution in [3.8, 4) is 0 Å². The molecule has 0 radical (unpaired) electrons. The average molecular weight is 308 g/mol. The summed E-state index contributed by atoms with van der Waals surface area (Å²) in [6.45, 7) is 3.98. The number of imidazole rings is 1. The molecular formula is C13H14BrN3O. The van der Waals surface area contributed by atoms with Gasteiger partial charge in [-0.15, -0.1) is 0 Å². The zero-order valence-electron chi connectivity index (χ0n) is 10.2. The van der Waals surface area contributed by atoms with Gasteiger partial charge < -0.3 is 9.47 Å². The quantitative estimate of drug-likeness (QED) is 0.748. The fraction of sp³-hybridized carbons (Fsp3) is 0.385. The van der Waals surface area contributed by atoms with Crippen molar-refractivity contribution in [1.29, 1.82) is 0 Å². The van der Waals surface area contributed by atoms with E-state index in [9.17, 15) is 4.79 Å². The molecule has 1 aliphatic heterocycles. The second kappa shape index (κ2) is 4.39. The standard InChI is InChI=1S/C13H14BrN3O/c1-9(18)16-5-4-13-15-11-3-2-10(14)8-12(11)17(13)7-6-16/h2-3,8H,4-7H2,1H3. The van der Waals surface area contributed by atoms with Crippen LogP contribution in [0.2, 0.25) is 0 Å². The third-order valence-electron chi connectivity index (χ3n) is 3.43. The highest BCUT2D eigenvalue weighted by Crippen LogP contribution is 2.22. The average Bonchev–Trinajstić information content (AvgIpc) is 2.54. The Morgan fingerprint density at radius 2 is 2.17 bits per heavy atom. The first kappa shape index (κ1) is 11.7. The van der Waals surface area contributed by atoms with Gasteiger partial charge in [-0.3, -0.25) is 4.79 Å². The highest BCUT2D eigenvalue weighted by molar-refractivity contribution is 9.10. The molecule has 3 rings (SSSR count). The monoisotopic (exact) mass is 307 g/mol. The molecule has 0 unspecified atom stereocenters. The molecule has 0 fully saturated rings. The minimum absolute atomic E-state index is 0.145. The third-order valence-corrected chi connectivity index (χ3v) is 3.93. The van der Waals surface area contributed by atoms with Crippen LogP contribution in [-0.4, -0.2) is 33.4 Å². The zero-order chi connectivity index (χ0) is 12.7. The minimum Gasteiger partial charge on any atom is -0.341 e. The van der Waals surface area contributed by atoms with Crippen LogP contribution in [0, 0.1) is 0 Å². The lowest BCUT2D eigenvalue weighted by Crippen LogP contribution is -2.31. The molecular weight excluding hydrogens is 294 g/mol. The number of hydrogen-bond acceptors (Lipinski definition) is 2. The maximum Gasteiger partial charge on any atom is 0.219 e. The summed E-state index contributed by atoms with van der Waals surface area (Å²) in [5.74, 6) is 1.22. The minimum atomic E-state index is 0.145. The Kier molecular flexibility index (Phi) is 2.86. The van der Waals surface area contributed by atoms with Crippen molar-refractivity contribution in [2.45, 2.75) is 19.9 Å². The van der Waals surface area contributed by atoms with Gasteiger partial charge in [0.2, 0.25) is 5.91 Å². The van der Waals surface area contributed by atoms with Crippen molar-refractivity contribution in [2.24, 2.45) is 0 Å². The van der Waals surface area contributed by atoms with Crippen molar-refractivity contribution in [2.75, 3.05) is 13.1 Å². The Morgan fingerprint density at radius 1 is 1.33 bits per heavy atom. The van der Waals surface area contributed by atoms with Crippen LogP contribution in [0.4, 0.5) is 0 Å². The largest absolute Gasteiger partial charge is 0.341 e. The first-order chi connectivity index (χ1) is 8.65. The second-order valence-electron chi connectivity index (χ2n) is 4.57. The fourth-order valence-corrected chi connectivity index (χ4v) is 2.82. The van der Waals surface area contributed by atoms with Gasteiger partial charge in [0, 0.05) is 37.5 Å². The van der Waals surface area contributed by atoms with Gasteiger partial charge >= 0.3 is 0 Å². The van der Waals surface area contributed by atoms with Crippen molar-refractivity contribution < 1.29 is 4.79 Å². The molecule has 1 amide bonds. The summed E-state index contributed by atoms with van der Waals surface area (Å²) in [7, 11) is 0. The first-order valence-electron chi connectivity index (χ1n) is 6.05. The molecule has 2 aromatic rings. The molecule has 5 heteroatoms. The van der Waals surface area contributed by atoms with Crippen LogP contribution >= 0.6 is 15.9 Å². The van der Waals surface area contributed by atoms with E-state index in [1.807, 2.05) is 17.0 Å². The summed E-state index contributed by atoms with van der Waals surface area (Å²) in [5.41, 5.74) is 2.18.